The Hall–Kier alpha value is -2.10. The summed E-state index contributed by atoms with van der Waals surface area (Å²) in [6.07, 6.45) is 0. The van der Waals surface area contributed by atoms with Crippen LogP contribution in [0, 0.1) is 5.82 Å². The lowest BCUT2D eigenvalue weighted by atomic mass is 10.2. The molecule has 146 valence electrons. The third-order valence-corrected chi connectivity index (χ3v) is 4.45. The van der Waals surface area contributed by atoms with Gasteiger partial charge in [0, 0.05) is 46.0 Å². The van der Waals surface area contributed by atoms with Gasteiger partial charge in [0.2, 0.25) is 0 Å². The van der Waals surface area contributed by atoms with Crippen molar-refractivity contribution in [3.8, 4) is 0 Å². The van der Waals surface area contributed by atoms with Crippen LogP contribution in [0.1, 0.15) is 5.69 Å². The Labute approximate surface area is 176 Å². The normalized spacial score (nSPS) is 14.7. The van der Waals surface area contributed by atoms with Crippen LogP contribution in [0.3, 0.4) is 0 Å². The summed E-state index contributed by atoms with van der Waals surface area (Å²) in [5.74, 6) is 1.24. The van der Waals surface area contributed by atoms with E-state index in [1.54, 1.807) is 0 Å². The molecular formula is C19H26FIN6. The molecule has 0 spiro atoms. The van der Waals surface area contributed by atoms with Crippen LogP contribution >= 0.6 is 24.0 Å². The van der Waals surface area contributed by atoms with Crippen molar-refractivity contribution in [2.75, 3.05) is 50.1 Å². The minimum atomic E-state index is -0.212. The van der Waals surface area contributed by atoms with E-state index >= 15 is 0 Å². The third kappa shape index (κ3) is 5.69. The first-order chi connectivity index (χ1) is 12.5. The van der Waals surface area contributed by atoms with E-state index in [9.17, 15) is 4.39 Å². The average Bonchev–Trinajstić information content (AvgIpc) is 2.67. The quantitative estimate of drug-likeness (QED) is 0.411. The van der Waals surface area contributed by atoms with Gasteiger partial charge < -0.3 is 20.4 Å². The number of guanidine groups is 1. The van der Waals surface area contributed by atoms with Gasteiger partial charge >= 0.3 is 0 Å². The lowest BCUT2D eigenvalue weighted by Crippen LogP contribution is -2.51. The summed E-state index contributed by atoms with van der Waals surface area (Å²) in [4.78, 5) is 15.3. The fraction of sp³-hybridized carbons (Fsp3) is 0.368. The summed E-state index contributed by atoms with van der Waals surface area (Å²) in [7, 11) is 3.93. The number of hydrogen-bond donors (Lipinski definition) is 1. The summed E-state index contributed by atoms with van der Waals surface area (Å²) >= 11 is 0. The van der Waals surface area contributed by atoms with Crippen molar-refractivity contribution < 1.29 is 4.39 Å². The molecule has 27 heavy (non-hydrogen) atoms. The number of pyridine rings is 1. The van der Waals surface area contributed by atoms with E-state index < -0.39 is 0 Å². The molecule has 1 aliphatic heterocycles. The van der Waals surface area contributed by atoms with E-state index in [1.165, 1.54) is 12.1 Å². The van der Waals surface area contributed by atoms with Crippen molar-refractivity contribution in [3.63, 3.8) is 0 Å². The summed E-state index contributed by atoms with van der Waals surface area (Å²) < 4.78 is 13.0. The minimum absolute atomic E-state index is 0. The monoisotopic (exact) mass is 484 g/mol. The van der Waals surface area contributed by atoms with Gasteiger partial charge in [0.25, 0.3) is 0 Å². The van der Waals surface area contributed by atoms with E-state index in [2.05, 4.69) is 19.8 Å². The summed E-state index contributed by atoms with van der Waals surface area (Å²) in [5.41, 5.74) is 8.09. The molecule has 1 saturated heterocycles. The molecule has 0 unspecified atom stereocenters. The van der Waals surface area contributed by atoms with E-state index in [4.69, 9.17) is 5.73 Å². The van der Waals surface area contributed by atoms with Crippen molar-refractivity contribution in [1.82, 2.24) is 9.88 Å². The third-order valence-electron chi connectivity index (χ3n) is 4.45. The molecule has 8 heteroatoms. The molecule has 0 atom stereocenters. The zero-order valence-electron chi connectivity index (χ0n) is 15.7. The molecule has 2 N–H and O–H groups in total. The molecule has 0 amide bonds. The number of rotatable bonds is 4. The van der Waals surface area contributed by atoms with Gasteiger partial charge in [-0.05, 0) is 36.4 Å². The molecule has 0 bridgehead atoms. The second-order valence-electron chi connectivity index (χ2n) is 6.51. The number of piperazine rings is 1. The van der Waals surface area contributed by atoms with Crippen LogP contribution in [-0.2, 0) is 6.54 Å². The molecule has 2 aromatic rings. The number of halogens is 2. The lowest BCUT2D eigenvalue weighted by molar-refractivity contribution is 0.380. The van der Waals surface area contributed by atoms with Crippen LogP contribution in [0.25, 0.3) is 0 Å². The molecule has 0 saturated carbocycles. The topological polar surface area (TPSA) is 61.0 Å². The minimum Gasteiger partial charge on any atom is -0.370 e. The Kier molecular flexibility index (Phi) is 7.64. The summed E-state index contributed by atoms with van der Waals surface area (Å²) in [6.45, 7) is 3.70. The highest BCUT2D eigenvalue weighted by Crippen LogP contribution is 2.17. The molecule has 1 aliphatic rings. The molecule has 3 rings (SSSR count). The van der Waals surface area contributed by atoms with Gasteiger partial charge in [-0.3, -0.25) is 0 Å². The molecule has 1 aromatic heterocycles. The van der Waals surface area contributed by atoms with Crippen molar-refractivity contribution in [2.45, 2.75) is 6.54 Å². The zero-order valence-corrected chi connectivity index (χ0v) is 18.0. The largest absolute Gasteiger partial charge is 0.370 e. The number of aromatic nitrogens is 1. The van der Waals surface area contributed by atoms with Crippen molar-refractivity contribution >= 4 is 41.4 Å². The number of hydrogen-bond acceptors (Lipinski definition) is 4. The molecule has 6 nitrogen and oxygen atoms in total. The van der Waals surface area contributed by atoms with Gasteiger partial charge in [-0.25, -0.2) is 14.4 Å². The standard InChI is InChI=1S/C19H25FN6.HI/c1-24(2)18-5-3-4-16(23-18)14-22-19(21)26-12-10-25(11-13-26)17-8-6-15(20)7-9-17;/h3-9H,10-14H2,1-2H3,(H2,21,22);1H. The zero-order chi connectivity index (χ0) is 18.5. The Morgan fingerprint density at radius 3 is 2.41 bits per heavy atom. The highest BCUT2D eigenvalue weighted by atomic mass is 127. The van der Waals surface area contributed by atoms with E-state index in [-0.39, 0.29) is 29.8 Å². The molecule has 0 radical (unpaired) electrons. The first-order valence-electron chi connectivity index (χ1n) is 8.71. The maximum Gasteiger partial charge on any atom is 0.191 e. The van der Waals surface area contributed by atoms with Crippen molar-refractivity contribution in [1.29, 1.82) is 0 Å². The average molecular weight is 484 g/mol. The van der Waals surface area contributed by atoms with E-state index in [0.717, 1.165) is 43.4 Å². The van der Waals surface area contributed by atoms with Gasteiger partial charge in [-0.15, -0.1) is 24.0 Å². The van der Waals surface area contributed by atoms with Crippen LogP contribution in [0.2, 0.25) is 0 Å². The number of anilines is 2. The summed E-state index contributed by atoms with van der Waals surface area (Å²) in [5, 5.41) is 0. The second kappa shape index (κ2) is 9.72. The smallest absolute Gasteiger partial charge is 0.191 e. The predicted octanol–water partition coefficient (Wildman–Crippen LogP) is 2.54. The first-order valence-corrected chi connectivity index (χ1v) is 8.71. The maximum atomic E-state index is 13.0. The predicted molar refractivity (Wildman–Crippen MR) is 119 cm³/mol. The van der Waals surface area contributed by atoms with Gasteiger partial charge in [-0.2, -0.15) is 0 Å². The number of nitrogens with zero attached hydrogens (tertiary/aromatic N) is 5. The number of benzene rings is 1. The van der Waals surface area contributed by atoms with Gasteiger partial charge in [0.15, 0.2) is 5.96 Å². The van der Waals surface area contributed by atoms with Crippen molar-refractivity contribution in [3.05, 3.63) is 54.0 Å². The maximum absolute atomic E-state index is 13.0. The van der Waals surface area contributed by atoms with E-state index in [1.807, 2.05) is 49.3 Å². The summed E-state index contributed by atoms with van der Waals surface area (Å²) in [6, 6.07) is 12.5. The molecule has 1 aromatic carbocycles. The van der Waals surface area contributed by atoms with Crippen molar-refractivity contribution in [2.24, 2.45) is 10.7 Å². The molecule has 2 heterocycles. The number of nitrogens with two attached hydrogens (primary N) is 1. The number of aliphatic imine (C=N–C) groups is 1. The second-order valence-corrected chi connectivity index (χ2v) is 6.51. The Bertz CT molecular complexity index is 757. The first kappa shape index (κ1) is 21.2. The highest BCUT2D eigenvalue weighted by Gasteiger charge is 2.18. The SMILES string of the molecule is CN(C)c1cccc(CN=C(N)N2CCN(c3ccc(F)cc3)CC2)n1.I. The fourth-order valence-electron chi connectivity index (χ4n) is 2.91. The van der Waals surface area contributed by atoms with Gasteiger partial charge in [-0.1, -0.05) is 6.07 Å². The Balaban J connectivity index is 0.00000261. The van der Waals surface area contributed by atoms with Crippen LogP contribution in [-0.4, -0.2) is 56.1 Å². The Morgan fingerprint density at radius 1 is 1.11 bits per heavy atom. The van der Waals surface area contributed by atoms with Crippen LogP contribution in [0.4, 0.5) is 15.9 Å². The molecule has 0 aliphatic carbocycles. The van der Waals surface area contributed by atoms with Gasteiger partial charge in [0.1, 0.15) is 11.6 Å². The van der Waals surface area contributed by atoms with E-state index in [0.29, 0.717) is 12.5 Å². The van der Waals surface area contributed by atoms with Crippen LogP contribution in [0.5, 0.6) is 0 Å². The van der Waals surface area contributed by atoms with Gasteiger partial charge in [0.05, 0.1) is 12.2 Å². The molecule has 1 fully saturated rings. The Morgan fingerprint density at radius 2 is 1.78 bits per heavy atom. The lowest BCUT2D eigenvalue weighted by Gasteiger charge is -2.36. The fourth-order valence-corrected chi connectivity index (χ4v) is 2.91. The molecular weight excluding hydrogens is 458 g/mol. The van der Waals surface area contributed by atoms with Crippen LogP contribution < -0.4 is 15.5 Å². The highest BCUT2D eigenvalue weighted by molar-refractivity contribution is 14.0. The van der Waals surface area contributed by atoms with Crippen LogP contribution in [0.15, 0.2) is 47.5 Å².